The highest BCUT2D eigenvalue weighted by Crippen LogP contribution is 2.44. The molecule has 1 saturated carbocycles. The summed E-state index contributed by atoms with van der Waals surface area (Å²) in [5.74, 6) is -0.126. The molecule has 1 aromatic carbocycles. The van der Waals surface area contributed by atoms with Crippen molar-refractivity contribution in [2.45, 2.75) is 63.5 Å². The average molecular weight is 473 g/mol. The molecule has 2 aromatic heterocycles. The maximum Gasteiger partial charge on any atom is 0.242 e. The fourth-order valence-corrected chi connectivity index (χ4v) is 5.77. The molecule has 0 spiro atoms. The molecule has 7 heteroatoms. The van der Waals surface area contributed by atoms with Crippen LogP contribution < -0.4 is 5.73 Å². The number of aldehydes is 1. The molecule has 3 heterocycles. The Kier molecular flexibility index (Phi) is 6.77. The Morgan fingerprint density at radius 2 is 1.71 bits per heavy atom. The highest BCUT2D eigenvalue weighted by Gasteiger charge is 2.29. The van der Waals surface area contributed by atoms with E-state index in [1.54, 1.807) is 24.5 Å². The zero-order chi connectivity index (χ0) is 24.4. The van der Waals surface area contributed by atoms with Crippen molar-refractivity contribution in [1.29, 1.82) is 0 Å². The van der Waals surface area contributed by atoms with E-state index in [0.29, 0.717) is 30.9 Å². The van der Waals surface area contributed by atoms with E-state index in [9.17, 15) is 14.4 Å². The summed E-state index contributed by atoms with van der Waals surface area (Å²) in [4.78, 5) is 43.1. The second kappa shape index (κ2) is 10.1. The van der Waals surface area contributed by atoms with Crippen LogP contribution >= 0.6 is 0 Å². The van der Waals surface area contributed by atoms with E-state index in [0.717, 1.165) is 47.8 Å². The number of pyridine rings is 1. The number of rotatable bonds is 6. The van der Waals surface area contributed by atoms with E-state index in [2.05, 4.69) is 9.55 Å². The molecule has 3 aromatic rings. The third-order valence-corrected chi connectivity index (χ3v) is 7.65. The predicted octanol–water partition coefficient (Wildman–Crippen LogP) is 4.08. The van der Waals surface area contributed by atoms with Gasteiger partial charge >= 0.3 is 0 Å². The van der Waals surface area contributed by atoms with Gasteiger partial charge in [-0.15, -0.1) is 0 Å². The second-order valence-corrected chi connectivity index (χ2v) is 9.85. The topological polar surface area (TPSA) is 98.3 Å². The number of ketones is 1. The van der Waals surface area contributed by atoms with Crippen LogP contribution in [0.4, 0.5) is 0 Å². The molecule has 2 N–H and O–H groups in total. The SMILES string of the molecule is NC1CCN(C(=O)Cn2c(-c3ccncc3)c(C3CCCCC3)c3ccc(C(=O)C=O)cc32)CC1. The molecule has 5 rings (SSSR count). The number of aromatic nitrogens is 2. The Labute approximate surface area is 205 Å². The number of nitrogens with zero attached hydrogens (tertiary/aromatic N) is 3. The summed E-state index contributed by atoms with van der Waals surface area (Å²) in [6.45, 7) is 1.50. The van der Waals surface area contributed by atoms with Crippen LogP contribution in [0.25, 0.3) is 22.2 Å². The van der Waals surface area contributed by atoms with Gasteiger partial charge in [0.1, 0.15) is 6.54 Å². The van der Waals surface area contributed by atoms with E-state index in [1.165, 1.54) is 24.8 Å². The molecule has 35 heavy (non-hydrogen) atoms. The van der Waals surface area contributed by atoms with Crippen LogP contribution in [0.3, 0.4) is 0 Å². The Bertz CT molecular complexity index is 1240. The van der Waals surface area contributed by atoms with Crippen molar-refractivity contribution in [2.75, 3.05) is 13.1 Å². The lowest BCUT2D eigenvalue weighted by Gasteiger charge is -2.30. The van der Waals surface area contributed by atoms with Gasteiger partial charge in [-0.05, 0) is 55.4 Å². The summed E-state index contributed by atoms with van der Waals surface area (Å²) >= 11 is 0. The van der Waals surface area contributed by atoms with Crippen molar-refractivity contribution in [3.8, 4) is 11.3 Å². The smallest absolute Gasteiger partial charge is 0.242 e. The van der Waals surface area contributed by atoms with E-state index >= 15 is 0 Å². The van der Waals surface area contributed by atoms with E-state index in [1.807, 2.05) is 23.1 Å². The van der Waals surface area contributed by atoms with Gasteiger partial charge in [0.05, 0.1) is 11.2 Å². The highest BCUT2D eigenvalue weighted by molar-refractivity contribution is 6.33. The number of carbonyl (C=O) groups excluding carboxylic acids is 3. The van der Waals surface area contributed by atoms with Crippen LogP contribution in [0.1, 0.15) is 66.8 Å². The molecule has 182 valence electrons. The highest BCUT2D eigenvalue weighted by atomic mass is 16.2. The molecular formula is C28H32N4O3. The minimum absolute atomic E-state index is 0.0476. The molecule has 0 atom stereocenters. The molecule has 1 amide bonds. The van der Waals surface area contributed by atoms with Crippen LogP contribution in [-0.2, 0) is 16.1 Å². The molecule has 1 saturated heterocycles. The lowest BCUT2D eigenvalue weighted by atomic mass is 9.82. The van der Waals surface area contributed by atoms with Crippen molar-refractivity contribution in [2.24, 2.45) is 5.73 Å². The van der Waals surface area contributed by atoms with E-state index in [-0.39, 0.29) is 18.5 Å². The van der Waals surface area contributed by atoms with Crippen LogP contribution in [0.5, 0.6) is 0 Å². The molecule has 7 nitrogen and oxygen atoms in total. The van der Waals surface area contributed by atoms with Crippen molar-refractivity contribution in [1.82, 2.24) is 14.5 Å². The third-order valence-electron chi connectivity index (χ3n) is 7.65. The zero-order valence-electron chi connectivity index (χ0n) is 20.0. The third kappa shape index (κ3) is 4.65. The molecular weight excluding hydrogens is 440 g/mol. The Hall–Kier alpha value is -3.32. The van der Waals surface area contributed by atoms with Crippen LogP contribution in [-0.4, -0.2) is 51.6 Å². The monoisotopic (exact) mass is 472 g/mol. The Morgan fingerprint density at radius 3 is 2.40 bits per heavy atom. The van der Waals surface area contributed by atoms with Crippen LogP contribution in [0.15, 0.2) is 42.7 Å². The number of likely N-dealkylation sites (tertiary alicyclic amines) is 1. The first-order valence-electron chi connectivity index (χ1n) is 12.7. The van der Waals surface area contributed by atoms with Gasteiger partial charge in [0.25, 0.3) is 0 Å². The summed E-state index contributed by atoms with van der Waals surface area (Å²) in [6, 6.07) is 9.59. The maximum absolute atomic E-state index is 13.5. The number of hydrogen-bond acceptors (Lipinski definition) is 5. The number of carbonyl (C=O) groups is 3. The van der Waals surface area contributed by atoms with Crippen molar-refractivity contribution < 1.29 is 14.4 Å². The quantitative estimate of drug-likeness (QED) is 0.331. The first-order valence-corrected chi connectivity index (χ1v) is 12.7. The summed E-state index contributed by atoms with van der Waals surface area (Å²) in [6.07, 6.45) is 11.3. The minimum Gasteiger partial charge on any atom is -0.341 e. The minimum atomic E-state index is -0.555. The van der Waals surface area contributed by atoms with Crippen LogP contribution in [0.2, 0.25) is 0 Å². The number of benzene rings is 1. The molecule has 0 bridgehead atoms. The Balaban J connectivity index is 1.69. The lowest BCUT2D eigenvalue weighted by molar-refractivity contribution is -0.132. The van der Waals surface area contributed by atoms with Gasteiger partial charge in [-0.3, -0.25) is 19.4 Å². The molecule has 2 fully saturated rings. The summed E-state index contributed by atoms with van der Waals surface area (Å²) in [7, 11) is 0. The normalized spacial score (nSPS) is 17.6. The maximum atomic E-state index is 13.5. The van der Waals surface area contributed by atoms with Crippen LogP contribution in [0, 0.1) is 0 Å². The van der Waals surface area contributed by atoms with Gasteiger partial charge in [-0.25, -0.2) is 0 Å². The van der Waals surface area contributed by atoms with Gasteiger partial charge in [0.2, 0.25) is 11.7 Å². The van der Waals surface area contributed by atoms with E-state index in [4.69, 9.17) is 5.73 Å². The molecule has 1 aliphatic heterocycles. The van der Waals surface area contributed by atoms with Crippen molar-refractivity contribution in [3.63, 3.8) is 0 Å². The second-order valence-electron chi connectivity index (χ2n) is 9.85. The fourth-order valence-electron chi connectivity index (χ4n) is 5.77. The average Bonchev–Trinajstić information content (AvgIpc) is 3.22. The standard InChI is InChI=1S/C28H32N4O3/c29-22-10-14-31(15-11-22)26(35)17-32-24-16-21(25(34)18-33)6-7-23(24)27(19-4-2-1-3-5-19)28(32)20-8-12-30-13-9-20/h6-9,12-13,16,18-19,22H,1-5,10-11,14-15,17,29H2. The number of amides is 1. The lowest BCUT2D eigenvalue weighted by Crippen LogP contribution is -2.44. The van der Waals surface area contributed by atoms with Crippen molar-refractivity contribution >= 4 is 28.9 Å². The fraction of sp³-hybridized carbons (Fsp3) is 0.429. The van der Waals surface area contributed by atoms with Gasteiger partial charge in [-0.1, -0.05) is 31.4 Å². The summed E-state index contributed by atoms with van der Waals surface area (Å²) in [5, 5.41) is 1.06. The largest absolute Gasteiger partial charge is 0.341 e. The number of fused-ring (bicyclic) bond motifs is 1. The van der Waals surface area contributed by atoms with Gasteiger partial charge in [-0.2, -0.15) is 0 Å². The van der Waals surface area contributed by atoms with Gasteiger partial charge < -0.3 is 15.2 Å². The number of Topliss-reactive ketones (excluding diaryl/α,β-unsaturated/α-hetero) is 1. The zero-order valence-corrected chi connectivity index (χ0v) is 20.0. The molecule has 0 radical (unpaired) electrons. The number of nitrogens with two attached hydrogens (primary N) is 1. The molecule has 0 unspecified atom stereocenters. The number of piperidine rings is 1. The van der Waals surface area contributed by atoms with E-state index < -0.39 is 5.78 Å². The van der Waals surface area contributed by atoms with Gasteiger partial charge in [0, 0.05) is 48.0 Å². The molecule has 2 aliphatic rings. The summed E-state index contributed by atoms with van der Waals surface area (Å²) < 4.78 is 2.06. The predicted molar refractivity (Wildman–Crippen MR) is 135 cm³/mol. The first kappa shape index (κ1) is 23.4. The summed E-state index contributed by atoms with van der Waals surface area (Å²) in [5.41, 5.74) is 10.5. The first-order chi connectivity index (χ1) is 17.1. The Morgan fingerprint density at radius 1 is 1.00 bits per heavy atom. The molecule has 1 aliphatic carbocycles. The number of hydrogen-bond donors (Lipinski definition) is 1. The van der Waals surface area contributed by atoms with Gasteiger partial charge in [0.15, 0.2) is 6.29 Å². The van der Waals surface area contributed by atoms with Crippen molar-refractivity contribution in [3.05, 3.63) is 53.9 Å².